The summed E-state index contributed by atoms with van der Waals surface area (Å²) in [5.41, 5.74) is 0.665. The first-order valence-corrected chi connectivity index (χ1v) is 13.7. The van der Waals surface area contributed by atoms with E-state index in [0.717, 1.165) is 11.0 Å². The zero-order valence-corrected chi connectivity index (χ0v) is 23.0. The van der Waals surface area contributed by atoms with Crippen molar-refractivity contribution in [3.05, 3.63) is 70.8 Å². The maximum atomic E-state index is 13.7. The molecule has 13 nitrogen and oxygen atoms in total. The first-order valence-electron chi connectivity index (χ1n) is 11.8. The molecule has 3 amide bonds. The van der Waals surface area contributed by atoms with Crippen molar-refractivity contribution < 1.29 is 51.6 Å². The third-order valence-corrected chi connectivity index (χ3v) is 6.47. The molecule has 2 atom stereocenters. The second-order valence-electron chi connectivity index (χ2n) is 8.62. The third kappa shape index (κ3) is 10.1. The van der Waals surface area contributed by atoms with Gasteiger partial charge < -0.3 is 34.4 Å². The Hall–Kier alpha value is -3.59. The van der Waals surface area contributed by atoms with E-state index in [1.54, 1.807) is 6.07 Å². The molecule has 0 spiro atoms. The van der Waals surface area contributed by atoms with Gasteiger partial charge in [-0.3, -0.25) is 9.84 Å². The molecule has 222 valence electrons. The molecule has 0 fully saturated rings. The van der Waals surface area contributed by atoms with Crippen molar-refractivity contribution in [1.82, 2.24) is 15.4 Å². The molecule has 17 heteroatoms. The summed E-state index contributed by atoms with van der Waals surface area (Å²) in [6, 6.07) is 9.13. The lowest BCUT2D eigenvalue weighted by Crippen LogP contribution is -2.47. The number of carbonyl (C=O) groups is 2. The number of anilines is 1. The van der Waals surface area contributed by atoms with Crippen LogP contribution < -0.4 is 10.6 Å². The molecule has 0 aliphatic rings. The first kappa shape index (κ1) is 31.9. The number of nitrogens with zero attached hydrogens (tertiary/aromatic N) is 2. The molecule has 0 radical (unpaired) electrons. The van der Waals surface area contributed by atoms with E-state index >= 15 is 0 Å². The van der Waals surface area contributed by atoms with Crippen LogP contribution in [-0.2, 0) is 20.4 Å². The van der Waals surface area contributed by atoms with E-state index < -0.39 is 56.9 Å². The predicted molar refractivity (Wildman–Crippen MR) is 141 cm³/mol. The second kappa shape index (κ2) is 14.3. The zero-order chi connectivity index (χ0) is 30.2. The van der Waals surface area contributed by atoms with Gasteiger partial charge in [-0.25, -0.2) is 22.9 Å². The van der Waals surface area contributed by atoms with Crippen LogP contribution in [0.25, 0.3) is 11.3 Å². The number of amides is 3. The van der Waals surface area contributed by atoms with Gasteiger partial charge in [0.1, 0.15) is 18.2 Å². The van der Waals surface area contributed by atoms with Gasteiger partial charge in [0.05, 0.1) is 23.8 Å². The summed E-state index contributed by atoms with van der Waals surface area (Å²) < 4.78 is 52.7. The fourth-order valence-corrected chi connectivity index (χ4v) is 4.03. The highest BCUT2D eigenvalue weighted by atomic mass is 35.5. The normalized spacial score (nSPS) is 12.9. The fourth-order valence-electron chi connectivity index (χ4n) is 3.47. The number of aromatic nitrogens is 1. The SMILES string of the molecule is CN(C(=O)NCc1cccc(F)c1Cl)[C@H](COC(=O)Nc1cc(-c2cccc(F)c2)on1)C[C@H](O)COP(=O)(O)O. The number of aliphatic hydroxyl groups is 1. The van der Waals surface area contributed by atoms with Crippen LogP contribution in [0.5, 0.6) is 0 Å². The highest BCUT2D eigenvalue weighted by Gasteiger charge is 2.27. The Balaban J connectivity index is 1.63. The summed E-state index contributed by atoms with van der Waals surface area (Å²) in [6.07, 6.45) is -2.82. The van der Waals surface area contributed by atoms with Crippen LogP contribution in [0.2, 0.25) is 5.02 Å². The van der Waals surface area contributed by atoms with Gasteiger partial charge in [0.2, 0.25) is 0 Å². The van der Waals surface area contributed by atoms with E-state index in [4.69, 9.17) is 30.6 Å². The van der Waals surface area contributed by atoms with Gasteiger partial charge in [-0.05, 0) is 30.2 Å². The van der Waals surface area contributed by atoms with Crippen LogP contribution in [0.1, 0.15) is 12.0 Å². The topological polar surface area (TPSA) is 184 Å². The lowest BCUT2D eigenvalue weighted by molar-refractivity contribution is 0.0452. The number of nitrogens with one attached hydrogen (secondary N) is 2. The molecular formula is C24H26ClF2N4O9P. The molecule has 1 heterocycles. The van der Waals surface area contributed by atoms with Crippen LogP contribution in [0.15, 0.2) is 53.1 Å². The fraction of sp³-hybridized carbons (Fsp3) is 0.292. The van der Waals surface area contributed by atoms with E-state index in [2.05, 4.69) is 20.3 Å². The summed E-state index contributed by atoms with van der Waals surface area (Å²) in [7, 11) is -3.57. The molecule has 2 aromatic carbocycles. The lowest BCUT2D eigenvalue weighted by atomic mass is 10.1. The maximum Gasteiger partial charge on any atom is 0.469 e. The van der Waals surface area contributed by atoms with Crippen LogP contribution in [-0.4, -0.2) is 69.5 Å². The molecule has 0 saturated carbocycles. The quantitative estimate of drug-likeness (QED) is 0.187. The smallest absolute Gasteiger partial charge is 0.447 e. The molecule has 0 saturated heterocycles. The Morgan fingerprint density at radius 2 is 1.90 bits per heavy atom. The van der Waals surface area contributed by atoms with Crippen LogP contribution in [0, 0.1) is 11.6 Å². The highest BCUT2D eigenvalue weighted by Crippen LogP contribution is 2.36. The van der Waals surface area contributed by atoms with E-state index in [1.165, 1.54) is 43.4 Å². The average Bonchev–Trinajstić information content (AvgIpc) is 3.38. The molecule has 0 aliphatic carbocycles. The number of rotatable bonds is 12. The number of urea groups is 1. The second-order valence-corrected chi connectivity index (χ2v) is 10.2. The Morgan fingerprint density at radius 1 is 1.17 bits per heavy atom. The van der Waals surface area contributed by atoms with Crippen molar-refractivity contribution in [1.29, 1.82) is 0 Å². The number of phosphoric ester groups is 1. The monoisotopic (exact) mass is 618 g/mol. The van der Waals surface area contributed by atoms with Crippen molar-refractivity contribution in [3.63, 3.8) is 0 Å². The highest BCUT2D eigenvalue weighted by molar-refractivity contribution is 7.46. The van der Waals surface area contributed by atoms with Gasteiger partial charge in [-0.1, -0.05) is 41.0 Å². The predicted octanol–water partition coefficient (Wildman–Crippen LogP) is 3.89. The molecule has 0 unspecified atom stereocenters. The number of benzene rings is 2. The molecule has 0 aliphatic heterocycles. The first-order chi connectivity index (χ1) is 19.3. The minimum atomic E-state index is -4.88. The minimum Gasteiger partial charge on any atom is -0.447 e. The minimum absolute atomic E-state index is 0.0565. The molecular weight excluding hydrogens is 593 g/mol. The van der Waals surface area contributed by atoms with Gasteiger partial charge in [-0.2, -0.15) is 0 Å². The molecule has 3 aromatic rings. The summed E-state index contributed by atoms with van der Waals surface area (Å²) in [5, 5.41) is 18.5. The Kier molecular flexibility index (Phi) is 11.2. The van der Waals surface area contributed by atoms with Gasteiger partial charge in [0, 0.05) is 25.2 Å². The number of phosphoric acid groups is 1. The standard InChI is InChI=1S/C24H26ClF2N4O9P/c1-31(23(33)28-11-15-5-3-7-19(27)22(15)25)17(9-18(32)13-39-41(35,36)37)12-38-24(34)29-21-10-20(40-30-21)14-4-2-6-16(26)8-14/h2-8,10,17-18,32H,9,11-13H2,1H3,(H,28,33)(H,29,30,34)(H2,35,36,37)/t17-,18-/m0/s1. The van der Waals surface area contributed by atoms with Crippen LogP contribution >= 0.6 is 19.4 Å². The number of hydrogen-bond donors (Lipinski definition) is 5. The van der Waals surface area contributed by atoms with Gasteiger partial charge in [0.25, 0.3) is 0 Å². The van der Waals surface area contributed by atoms with Crippen LogP contribution in [0.4, 0.5) is 24.2 Å². The van der Waals surface area contributed by atoms with Crippen molar-refractivity contribution >= 4 is 37.4 Å². The van der Waals surface area contributed by atoms with Crippen molar-refractivity contribution in [2.45, 2.75) is 25.1 Å². The van der Waals surface area contributed by atoms with E-state index in [0.29, 0.717) is 11.1 Å². The zero-order valence-electron chi connectivity index (χ0n) is 21.4. The molecule has 3 rings (SSSR count). The average molecular weight is 619 g/mol. The molecule has 41 heavy (non-hydrogen) atoms. The number of hydrogen-bond acceptors (Lipinski definition) is 8. The van der Waals surface area contributed by atoms with Crippen LogP contribution in [0.3, 0.4) is 0 Å². The molecule has 0 bridgehead atoms. The van der Waals surface area contributed by atoms with Gasteiger partial charge in [0.15, 0.2) is 11.6 Å². The Labute approximate surface area is 237 Å². The maximum absolute atomic E-state index is 13.7. The summed E-state index contributed by atoms with van der Waals surface area (Å²) >= 11 is 5.91. The summed E-state index contributed by atoms with van der Waals surface area (Å²) in [6.45, 7) is -1.42. The number of aliphatic hydroxyl groups excluding tert-OH is 1. The van der Waals surface area contributed by atoms with Gasteiger partial charge in [-0.15, -0.1) is 0 Å². The van der Waals surface area contributed by atoms with Crippen molar-refractivity contribution in [2.24, 2.45) is 0 Å². The lowest BCUT2D eigenvalue weighted by Gasteiger charge is -2.29. The molecule has 5 N–H and O–H groups in total. The number of halogens is 3. The number of ether oxygens (including phenoxy) is 1. The van der Waals surface area contributed by atoms with E-state index in [9.17, 15) is 28.0 Å². The number of likely N-dealkylation sites (N-methyl/N-ethyl adjacent to an activating group) is 1. The third-order valence-electron chi connectivity index (χ3n) is 5.57. The van der Waals surface area contributed by atoms with E-state index in [1.807, 2.05) is 0 Å². The van der Waals surface area contributed by atoms with Gasteiger partial charge >= 0.3 is 19.9 Å². The Bertz CT molecular complexity index is 1410. The summed E-state index contributed by atoms with van der Waals surface area (Å²) in [4.78, 5) is 44.0. The largest absolute Gasteiger partial charge is 0.469 e. The Morgan fingerprint density at radius 3 is 2.61 bits per heavy atom. The number of carbonyl (C=O) groups excluding carboxylic acids is 2. The molecule has 1 aromatic heterocycles. The van der Waals surface area contributed by atoms with Crippen molar-refractivity contribution in [3.8, 4) is 11.3 Å². The summed E-state index contributed by atoms with van der Waals surface area (Å²) in [5.74, 6) is -1.06. The van der Waals surface area contributed by atoms with E-state index in [-0.39, 0.29) is 29.6 Å². The van der Waals surface area contributed by atoms with Crippen molar-refractivity contribution in [2.75, 3.05) is 25.6 Å².